The van der Waals surface area contributed by atoms with Gasteiger partial charge in [-0.05, 0) is 0 Å². The van der Waals surface area contributed by atoms with E-state index in [1.807, 2.05) is 0 Å². The van der Waals surface area contributed by atoms with Crippen LogP contribution in [-0.2, 0) is 18.9 Å². The van der Waals surface area contributed by atoms with Gasteiger partial charge in [0.25, 0.3) is 0 Å². The van der Waals surface area contributed by atoms with Crippen LogP contribution >= 0.6 is 0 Å². The highest BCUT2D eigenvalue weighted by atomic mass is 16.7. The minimum Gasteiger partial charge on any atom is -0.394 e. The molecule has 6 heteroatoms. The first-order valence-electron chi connectivity index (χ1n) is 6.29. The van der Waals surface area contributed by atoms with Crippen molar-refractivity contribution in [2.24, 2.45) is 0 Å². The molecule has 21 heavy (non-hydrogen) atoms. The summed E-state index contributed by atoms with van der Waals surface area (Å²) in [7, 11) is 0. The fourth-order valence-corrected chi connectivity index (χ4v) is 2.04. The van der Waals surface area contributed by atoms with Crippen LogP contribution in [0.25, 0.3) is 0 Å². The van der Waals surface area contributed by atoms with Gasteiger partial charge in [0.05, 0.1) is 6.61 Å². The van der Waals surface area contributed by atoms with Gasteiger partial charge in [-0.2, -0.15) is 0 Å². The van der Waals surface area contributed by atoms with E-state index in [0.29, 0.717) is 0 Å². The normalized spacial score (nSPS) is 31.9. The summed E-state index contributed by atoms with van der Waals surface area (Å²) in [6.45, 7) is -0.476. The quantitative estimate of drug-likeness (QED) is 0.572. The highest BCUT2D eigenvalue weighted by Crippen LogP contribution is 2.26. The Bertz CT molecular complexity index is 429. The first kappa shape index (κ1) is 17.5. The van der Waals surface area contributed by atoms with E-state index in [9.17, 15) is 10.2 Å². The van der Waals surface area contributed by atoms with Crippen LogP contribution in [0.2, 0.25) is 0 Å². The number of hydrogen-bond donors (Lipinski definition) is 2. The molecule has 0 unspecified atom stereocenters. The first-order chi connectivity index (χ1) is 10.2. The van der Waals surface area contributed by atoms with E-state index in [-0.39, 0.29) is 26.4 Å². The number of ether oxygens (including phenoxy) is 4. The lowest BCUT2D eigenvalue weighted by atomic mass is 9.98. The Morgan fingerprint density at radius 1 is 0.857 bits per heavy atom. The van der Waals surface area contributed by atoms with Gasteiger partial charge in [-0.1, -0.05) is 17.8 Å². The van der Waals surface area contributed by atoms with Gasteiger partial charge in [-0.25, -0.2) is 0 Å². The maximum absolute atomic E-state index is 9.96. The summed E-state index contributed by atoms with van der Waals surface area (Å²) in [5.74, 6) is 6.92. The molecule has 5 atom stereocenters. The fourth-order valence-electron chi connectivity index (χ4n) is 2.04. The van der Waals surface area contributed by atoms with Crippen LogP contribution in [-0.4, -0.2) is 67.3 Å². The van der Waals surface area contributed by atoms with Crippen LogP contribution < -0.4 is 0 Å². The summed E-state index contributed by atoms with van der Waals surface area (Å²) in [4.78, 5) is 0. The van der Waals surface area contributed by atoms with Gasteiger partial charge < -0.3 is 29.2 Å². The van der Waals surface area contributed by atoms with Crippen LogP contribution in [0.3, 0.4) is 0 Å². The van der Waals surface area contributed by atoms with E-state index in [1.54, 1.807) is 0 Å². The standard InChI is InChI=1S/C15H18O6/c1-4-7-18-12-11(10-16)21-15(17)14(20-9-6-3)13(12)19-8-5-2/h1-3,11-17H,7-10H2/t11-,12-,13+,14-,15-/m1/s1. The van der Waals surface area contributed by atoms with Crippen molar-refractivity contribution in [3.63, 3.8) is 0 Å². The zero-order valence-corrected chi connectivity index (χ0v) is 11.5. The maximum atomic E-state index is 9.96. The van der Waals surface area contributed by atoms with Gasteiger partial charge in [0.15, 0.2) is 6.29 Å². The molecule has 0 aromatic heterocycles. The molecule has 114 valence electrons. The van der Waals surface area contributed by atoms with Gasteiger partial charge >= 0.3 is 0 Å². The Morgan fingerprint density at radius 2 is 1.33 bits per heavy atom. The minimum atomic E-state index is -1.33. The van der Waals surface area contributed by atoms with Gasteiger partial charge in [-0.3, -0.25) is 0 Å². The van der Waals surface area contributed by atoms with Crippen molar-refractivity contribution >= 4 is 0 Å². The lowest BCUT2D eigenvalue weighted by Crippen LogP contribution is -2.61. The van der Waals surface area contributed by atoms with Crippen molar-refractivity contribution in [3.8, 4) is 37.0 Å². The topological polar surface area (TPSA) is 77.4 Å². The molecule has 0 amide bonds. The highest BCUT2D eigenvalue weighted by molar-refractivity contribution is 4.96. The van der Waals surface area contributed by atoms with Gasteiger partial charge in [0.1, 0.15) is 44.2 Å². The molecule has 2 N–H and O–H groups in total. The van der Waals surface area contributed by atoms with E-state index in [0.717, 1.165) is 0 Å². The Kier molecular flexibility index (Phi) is 7.82. The third-order valence-electron chi connectivity index (χ3n) is 2.87. The molecular weight excluding hydrogens is 276 g/mol. The van der Waals surface area contributed by atoms with E-state index in [1.165, 1.54) is 0 Å². The molecule has 1 rings (SSSR count). The van der Waals surface area contributed by atoms with Crippen LogP contribution in [0.5, 0.6) is 0 Å². The number of rotatable bonds is 7. The zero-order chi connectivity index (χ0) is 15.7. The molecule has 1 aliphatic heterocycles. The molecular formula is C15H18O6. The van der Waals surface area contributed by atoms with Crippen LogP contribution in [0.15, 0.2) is 0 Å². The zero-order valence-electron chi connectivity index (χ0n) is 11.5. The minimum absolute atomic E-state index is 0.0155. The second-order valence-corrected chi connectivity index (χ2v) is 4.19. The SMILES string of the molecule is C#CCO[C@@H]1[C@@H](OCC#C)[C@H](O)O[C@H](CO)[C@H]1OCC#C. The second kappa shape index (κ2) is 9.39. The Hall–Kier alpha value is -1.56. The number of hydrogen-bond acceptors (Lipinski definition) is 6. The van der Waals surface area contributed by atoms with Crippen molar-refractivity contribution in [1.29, 1.82) is 0 Å². The Balaban J connectivity index is 2.92. The van der Waals surface area contributed by atoms with Crippen molar-refractivity contribution in [3.05, 3.63) is 0 Å². The predicted molar refractivity (Wildman–Crippen MR) is 73.7 cm³/mol. The summed E-state index contributed by atoms with van der Waals surface area (Å²) in [5.41, 5.74) is 0. The molecule has 1 aliphatic rings. The second-order valence-electron chi connectivity index (χ2n) is 4.19. The molecule has 0 aromatic rings. The Labute approximate surface area is 124 Å². The summed E-state index contributed by atoms with van der Waals surface area (Å²) < 4.78 is 21.5. The summed E-state index contributed by atoms with van der Waals surface area (Å²) in [6.07, 6.45) is 10.9. The van der Waals surface area contributed by atoms with Crippen molar-refractivity contribution in [2.45, 2.75) is 30.7 Å². The highest BCUT2D eigenvalue weighted by Gasteiger charge is 2.47. The molecule has 1 fully saturated rings. The average molecular weight is 294 g/mol. The molecule has 6 nitrogen and oxygen atoms in total. The average Bonchev–Trinajstić information content (AvgIpc) is 2.50. The van der Waals surface area contributed by atoms with Crippen LogP contribution in [0, 0.1) is 37.0 Å². The number of aliphatic hydroxyl groups is 2. The maximum Gasteiger partial charge on any atom is 0.184 e. The van der Waals surface area contributed by atoms with E-state index >= 15 is 0 Å². The monoisotopic (exact) mass is 294 g/mol. The summed E-state index contributed by atoms with van der Waals surface area (Å²) >= 11 is 0. The molecule has 1 saturated heterocycles. The van der Waals surface area contributed by atoms with Crippen molar-refractivity contribution in [2.75, 3.05) is 26.4 Å². The summed E-state index contributed by atoms with van der Waals surface area (Å²) in [6, 6.07) is 0. The van der Waals surface area contributed by atoms with Crippen molar-refractivity contribution < 1.29 is 29.2 Å². The number of aliphatic hydroxyl groups excluding tert-OH is 2. The molecule has 0 aromatic carbocycles. The molecule has 0 bridgehead atoms. The summed E-state index contributed by atoms with van der Waals surface area (Å²) in [5, 5.41) is 19.3. The third kappa shape index (κ3) is 4.74. The van der Waals surface area contributed by atoms with E-state index < -0.39 is 30.7 Å². The number of terminal acetylenes is 3. The predicted octanol–water partition coefficient (Wildman–Crippen LogP) is -1.25. The van der Waals surface area contributed by atoms with Gasteiger partial charge in [-0.15, -0.1) is 19.3 Å². The largest absolute Gasteiger partial charge is 0.394 e. The van der Waals surface area contributed by atoms with Crippen molar-refractivity contribution in [1.82, 2.24) is 0 Å². The van der Waals surface area contributed by atoms with Crippen LogP contribution in [0.1, 0.15) is 0 Å². The van der Waals surface area contributed by atoms with Crippen LogP contribution in [0.4, 0.5) is 0 Å². The van der Waals surface area contributed by atoms with Gasteiger partial charge in [0, 0.05) is 0 Å². The third-order valence-corrected chi connectivity index (χ3v) is 2.87. The molecule has 1 heterocycles. The molecule has 0 radical (unpaired) electrons. The smallest absolute Gasteiger partial charge is 0.184 e. The first-order valence-corrected chi connectivity index (χ1v) is 6.29. The molecule has 0 aliphatic carbocycles. The van der Waals surface area contributed by atoms with E-state index in [2.05, 4.69) is 17.8 Å². The molecule has 0 spiro atoms. The lowest BCUT2D eigenvalue weighted by molar-refractivity contribution is -0.305. The van der Waals surface area contributed by atoms with E-state index in [4.69, 9.17) is 38.2 Å². The Morgan fingerprint density at radius 3 is 1.81 bits per heavy atom. The molecule has 0 saturated carbocycles. The lowest BCUT2D eigenvalue weighted by Gasteiger charge is -2.43. The van der Waals surface area contributed by atoms with Gasteiger partial charge in [0.2, 0.25) is 0 Å². The fraction of sp³-hybridized carbons (Fsp3) is 0.600.